The van der Waals surface area contributed by atoms with Crippen LogP contribution >= 0.6 is 15.9 Å². The maximum Gasteiger partial charge on any atom is 0.327 e. The Kier molecular flexibility index (Phi) is 5.11. The number of rotatable bonds is 5. The van der Waals surface area contributed by atoms with Gasteiger partial charge < -0.3 is 15.2 Å². The second-order valence-electron chi connectivity index (χ2n) is 3.06. The van der Waals surface area contributed by atoms with Gasteiger partial charge in [0.25, 0.3) is 5.56 Å². The summed E-state index contributed by atoms with van der Waals surface area (Å²) in [5.41, 5.74) is 0.0171. The van der Waals surface area contributed by atoms with Crippen molar-refractivity contribution in [2.24, 2.45) is 0 Å². The smallest absolute Gasteiger partial charge is 0.327 e. The Hall–Kier alpha value is -1.41. The number of esters is 1. The molecule has 0 aliphatic heterocycles. The summed E-state index contributed by atoms with van der Waals surface area (Å²) in [6, 6.07) is 0. The summed E-state index contributed by atoms with van der Waals surface area (Å²) in [6.45, 7) is 0.00658. The summed E-state index contributed by atoms with van der Waals surface area (Å²) in [6.07, 6.45) is 1.39. The number of halogens is 1. The van der Waals surface area contributed by atoms with Gasteiger partial charge in [-0.1, -0.05) is 0 Å². The first-order chi connectivity index (χ1) is 8.10. The van der Waals surface area contributed by atoms with Gasteiger partial charge in [0.2, 0.25) is 0 Å². The number of carbonyl (C=O) groups excluding carboxylic acids is 1. The lowest BCUT2D eigenvalue weighted by atomic mass is 10.4. The summed E-state index contributed by atoms with van der Waals surface area (Å²) in [7, 11) is 1.24. The van der Waals surface area contributed by atoms with Crippen LogP contribution in [0.25, 0.3) is 0 Å². The predicted molar refractivity (Wildman–Crippen MR) is 63.8 cm³/mol. The minimum absolute atomic E-state index is 0.0579. The van der Waals surface area contributed by atoms with E-state index in [4.69, 9.17) is 5.11 Å². The highest BCUT2D eigenvalue weighted by Gasteiger charge is 2.11. The molecule has 17 heavy (non-hydrogen) atoms. The molecule has 0 radical (unpaired) electrons. The van der Waals surface area contributed by atoms with Crippen LogP contribution in [0.1, 0.15) is 0 Å². The number of hydrogen-bond donors (Lipinski definition) is 2. The van der Waals surface area contributed by atoms with Gasteiger partial charge in [0, 0.05) is 6.54 Å². The molecule has 1 aromatic heterocycles. The molecule has 0 atom stereocenters. The normalized spacial score (nSPS) is 10.1. The van der Waals surface area contributed by atoms with Crippen LogP contribution in [0.4, 0.5) is 5.69 Å². The molecule has 1 aromatic rings. The molecule has 0 fully saturated rings. The first-order valence-corrected chi connectivity index (χ1v) is 5.56. The Morgan fingerprint density at radius 3 is 3.00 bits per heavy atom. The molecule has 0 bridgehead atoms. The van der Waals surface area contributed by atoms with Crippen LogP contribution in [-0.2, 0) is 16.1 Å². The van der Waals surface area contributed by atoms with Crippen LogP contribution in [0.15, 0.2) is 15.5 Å². The second kappa shape index (κ2) is 6.36. The standard InChI is InChI=1S/C9H12BrN3O4/c1-17-7(15)5-13-9(16)8(10)6(4-12-13)11-2-3-14/h4,11,14H,2-3,5H2,1H3. The summed E-state index contributed by atoms with van der Waals surface area (Å²) >= 11 is 3.10. The van der Waals surface area contributed by atoms with Gasteiger partial charge in [-0.25, -0.2) is 4.68 Å². The van der Waals surface area contributed by atoms with Gasteiger partial charge >= 0.3 is 5.97 Å². The lowest BCUT2D eigenvalue weighted by Crippen LogP contribution is -2.28. The number of carbonyl (C=O) groups is 1. The molecule has 0 saturated carbocycles. The summed E-state index contributed by atoms with van der Waals surface area (Å²) in [5, 5.41) is 15.3. The second-order valence-corrected chi connectivity index (χ2v) is 3.85. The third kappa shape index (κ3) is 3.53. The Labute approximate surface area is 106 Å². The van der Waals surface area contributed by atoms with Crippen LogP contribution in [0.5, 0.6) is 0 Å². The molecule has 0 unspecified atom stereocenters. The zero-order valence-electron chi connectivity index (χ0n) is 9.14. The van der Waals surface area contributed by atoms with Crippen molar-refractivity contribution in [3.8, 4) is 0 Å². The molecule has 7 nitrogen and oxygen atoms in total. The van der Waals surface area contributed by atoms with Gasteiger partial charge in [-0.05, 0) is 15.9 Å². The molecular weight excluding hydrogens is 294 g/mol. The van der Waals surface area contributed by atoms with Crippen molar-refractivity contribution >= 4 is 27.6 Å². The van der Waals surface area contributed by atoms with Crippen molar-refractivity contribution < 1.29 is 14.6 Å². The van der Waals surface area contributed by atoms with Crippen molar-refractivity contribution in [3.63, 3.8) is 0 Å². The van der Waals surface area contributed by atoms with Crippen LogP contribution in [0, 0.1) is 0 Å². The first kappa shape index (κ1) is 13.7. The first-order valence-electron chi connectivity index (χ1n) is 4.77. The predicted octanol–water partition coefficient (Wildman–Crippen LogP) is -0.417. The topological polar surface area (TPSA) is 93.5 Å². The van der Waals surface area contributed by atoms with E-state index in [1.807, 2.05) is 0 Å². The quantitative estimate of drug-likeness (QED) is 0.718. The number of ether oxygens (including phenoxy) is 1. The lowest BCUT2D eigenvalue weighted by Gasteiger charge is -2.08. The number of hydrogen-bond acceptors (Lipinski definition) is 6. The van der Waals surface area contributed by atoms with Gasteiger partial charge in [-0.2, -0.15) is 5.10 Å². The highest BCUT2D eigenvalue weighted by atomic mass is 79.9. The fraction of sp³-hybridized carbons (Fsp3) is 0.444. The van der Waals surface area contributed by atoms with Crippen LogP contribution < -0.4 is 10.9 Å². The van der Waals surface area contributed by atoms with E-state index in [1.54, 1.807) is 0 Å². The molecule has 2 N–H and O–H groups in total. The fourth-order valence-corrected chi connectivity index (χ4v) is 1.53. The Morgan fingerprint density at radius 1 is 1.71 bits per heavy atom. The van der Waals surface area contributed by atoms with Crippen LogP contribution in [0.3, 0.4) is 0 Å². The summed E-state index contributed by atoms with van der Waals surface area (Å²) in [4.78, 5) is 22.8. The van der Waals surface area contributed by atoms with E-state index in [0.717, 1.165) is 4.68 Å². The summed E-state index contributed by atoms with van der Waals surface area (Å²) < 4.78 is 5.68. The Bertz CT molecular complexity index is 460. The lowest BCUT2D eigenvalue weighted by molar-refractivity contribution is -0.141. The Balaban J connectivity index is 2.94. The maximum absolute atomic E-state index is 11.7. The SMILES string of the molecule is COC(=O)Cn1ncc(NCCO)c(Br)c1=O. The van der Waals surface area contributed by atoms with Crippen molar-refractivity contribution in [3.05, 3.63) is 21.0 Å². The zero-order valence-corrected chi connectivity index (χ0v) is 10.7. The minimum atomic E-state index is -0.553. The average Bonchev–Trinajstić information content (AvgIpc) is 2.34. The average molecular weight is 306 g/mol. The maximum atomic E-state index is 11.7. The van der Waals surface area contributed by atoms with Crippen LogP contribution in [0.2, 0.25) is 0 Å². The number of aliphatic hydroxyl groups is 1. The fourth-order valence-electron chi connectivity index (χ4n) is 1.08. The largest absolute Gasteiger partial charge is 0.468 e. The Morgan fingerprint density at radius 2 is 2.41 bits per heavy atom. The monoisotopic (exact) mass is 305 g/mol. The number of anilines is 1. The van der Waals surface area contributed by atoms with Crippen LogP contribution in [-0.4, -0.2) is 41.1 Å². The number of aliphatic hydroxyl groups excluding tert-OH is 1. The van der Waals surface area contributed by atoms with Crippen molar-refractivity contribution in [1.29, 1.82) is 0 Å². The summed E-state index contributed by atoms with van der Waals surface area (Å²) in [5.74, 6) is -0.553. The number of nitrogens with one attached hydrogen (secondary N) is 1. The molecule has 0 saturated heterocycles. The molecule has 0 aliphatic rings. The number of aromatic nitrogens is 2. The molecule has 8 heteroatoms. The molecule has 1 heterocycles. The van der Waals surface area contributed by atoms with Crippen molar-refractivity contribution in [1.82, 2.24) is 9.78 Å². The molecule has 0 amide bonds. The van der Waals surface area contributed by atoms with Crippen molar-refractivity contribution in [2.75, 3.05) is 25.6 Å². The van der Waals surface area contributed by atoms with E-state index in [2.05, 4.69) is 31.1 Å². The van der Waals surface area contributed by atoms with Gasteiger partial charge in [-0.3, -0.25) is 9.59 Å². The molecule has 0 aromatic carbocycles. The molecule has 94 valence electrons. The highest BCUT2D eigenvalue weighted by molar-refractivity contribution is 9.10. The van der Waals surface area contributed by atoms with Crippen molar-refractivity contribution in [2.45, 2.75) is 6.54 Å². The van der Waals surface area contributed by atoms with E-state index in [1.165, 1.54) is 13.3 Å². The van der Waals surface area contributed by atoms with Gasteiger partial charge in [-0.15, -0.1) is 0 Å². The minimum Gasteiger partial charge on any atom is -0.468 e. The van der Waals surface area contributed by atoms with E-state index in [0.29, 0.717) is 12.2 Å². The third-order valence-corrected chi connectivity index (χ3v) is 2.69. The third-order valence-electron chi connectivity index (χ3n) is 1.92. The van der Waals surface area contributed by atoms with E-state index >= 15 is 0 Å². The van der Waals surface area contributed by atoms with Gasteiger partial charge in [0.15, 0.2) is 0 Å². The molecule has 0 aliphatic carbocycles. The zero-order chi connectivity index (χ0) is 12.8. The number of nitrogens with zero attached hydrogens (tertiary/aromatic N) is 2. The molecular formula is C9H12BrN3O4. The highest BCUT2D eigenvalue weighted by Crippen LogP contribution is 2.15. The van der Waals surface area contributed by atoms with Gasteiger partial charge in [0.1, 0.15) is 11.0 Å². The molecule has 1 rings (SSSR count). The molecule has 0 spiro atoms. The van der Waals surface area contributed by atoms with E-state index in [-0.39, 0.29) is 17.6 Å². The van der Waals surface area contributed by atoms with Gasteiger partial charge in [0.05, 0.1) is 25.6 Å². The van der Waals surface area contributed by atoms with E-state index in [9.17, 15) is 9.59 Å². The van der Waals surface area contributed by atoms with E-state index < -0.39 is 11.5 Å². The number of methoxy groups -OCH3 is 1.